The van der Waals surface area contributed by atoms with Gasteiger partial charge in [-0.05, 0) is 30.8 Å². The largest absolute Gasteiger partial charge is 0.383 e. The van der Waals surface area contributed by atoms with Crippen molar-refractivity contribution in [2.75, 3.05) is 46.4 Å². The fourth-order valence-electron chi connectivity index (χ4n) is 2.60. The van der Waals surface area contributed by atoms with Gasteiger partial charge in [0, 0.05) is 26.7 Å². The first-order valence-electron chi connectivity index (χ1n) is 7.89. The monoisotopic (exact) mass is 272 g/mol. The molecule has 0 aromatic heterocycles. The van der Waals surface area contributed by atoms with Crippen LogP contribution in [0.15, 0.2) is 0 Å². The predicted octanol–water partition coefficient (Wildman–Crippen LogP) is 3.01. The summed E-state index contributed by atoms with van der Waals surface area (Å²) in [5.74, 6) is 0.724. The van der Waals surface area contributed by atoms with Crippen molar-refractivity contribution >= 4 is 0 Å². The van der Waals surface area contributed by atoms with Crippen LogP contribution in [0, 0.1) is 11.3 Å². The van der Waals surface area contributed by atoms with E-state index >= 15 is 0 Å². The molecule has 0 amide bonds. The first-order valence-corrected chi connectivity index (χ1v) is 7.89. The normalized spacial score (nSPS) is 15.2. The molecule has 3 nitrogen and oxygen atoms in total. The number of methoxy groups -OCH3 is 1. The van der Waals surface area contributed by atoms with Gasteiger partial charge in [-0.3, -0.25) is 0 Å². The molecule has 19 heavy (non-hydrogen) atoms. The Hall–Kier alpha value is -0.120. The van der Waals surface area contributed by atoms with Gasteiger partial charge < -0.3 is 15.0 Å². The fourth-order valence-corrected chi connectivity index (χ4v) is 2.60. The Morgan fingerprint density at radius 2 is 1.95 bits per heavy atom. The number of hydrogen-bond donors (Lipinski definition) is 1. The minimum Gasteiger partial charge on any atom is -0.383 e. The quantitative estimate of drug-likeness (QED) is 0.591. The van der Waals surface area contributed by atoms with Gasteiger partial charge in [-0.1, -0.05) is 41.0 Å². The summed E-state index contributed by atoms with van der Waals surface area (Å²) in [6, 6.07) is 0. The first kappa shape index (κ1) is 18.9. The molecule has 0 aromatic rings. The summed E-state index contributed by atoms with van der Waals surface area (Å²) in [5.41, 5.74) is 0.368. The third kappa shape index (κ3) is 9.42. The number of nitrogens with zero attached hydrogens (tertiary/aromatic N) is 1. The molecule has 116 valence electrons. The lowest BCUT2D eigenvalue weighted by Crippen LogP contribution is -2.44. The molecule has 1 N–H and O–H groups in total. The van der Waals surface area contributed by atoms with Crippen LogP contribution < -0.4 is 5.32 Å². The molecule has 0 radical (unpaired) electrons. The Balaban J connectivity index is 4.31. The average molecular weight is 272 g/mol. The molecule has 0 saturated heterocycles. The van der Waals surface area contributed by atoms with Crippen LogP contribution in [-0.2, 0) is 4.74 Å². The Morgan fingerprint density at radius 3 is 2.42 bits per heavy atom. The predicted molar refractivity (Wildman–Crippen MR) is 84.7 cm³/mol. The zero-order valence-electron chi connectivity index (χ0n) is 14.1. The van der Waals surface area contributed by atoms with Gasteiger partial charge in [0.2, 0.25) is 0 Å². The second-order valence-electron chi connectivity index (χ2n) is 6.45. The highest BCUT2D eigenvalue weighted by Crippen LogP contribution is 2.24. The average Bonchev–Trinajstić information content (AvgIpc) is 2.34. The van der Waals surface area contributed by atoms with Gasteiger partial charge in [-0.2, -0.15) is 0 Å². The van der Waals surface area contributed by atoms with Gasteiger partial charge in [0.1, 0.15) is 0 Å². The van der Waals surface area contributed by atoms with Crippen LogP contribution >= 0.6 is 0 Å². The molecule has 0 rings (SSSR count). The molecule has 0 bridgehead atoms. The molecule has 0 aliphatic carbocycles. The van der Waals surface area contributed by atoms with Crippen molar-refractivity contribution in [3.63, 3.8) is 0 Å². The number of rotatable bonds is 12. The molecule has 3 heteroatoms. The molecular formula is C16H36N2O. The Bertz CT molecular complexity index is 209. The zero-order chi connectivity index (χ0) is 14.7. The number of likely N-dealkylation sites (N-methyl/N-ethyl adjacent to an activating group) is 1. The van der Waals surface area contributed by atoms with Gasteiger partial charge >= 0.3 is 0 Å². The maximum atomic E-state index is 5.20. The molecule has 0 spiro atoms. The first-order chi connectivity index (χ1) is 8.97. The lowest BCUT2D eigenvalue weighted by Gasteiger charge is -2.35. The van der Waals surface area contributed by atoms with Crippen molar-refractivity contribution in [3.8, 4) is 0 Å². The second kappa shape index (κ2) is 10.6. The van der Waals surface area contributed by atoms with E-state index in [1.54, 1.807) is 7.11 Å². The van der Waals surface area contributed by atoms with Crippen LogP contribution in [0.1, 0.15) is 47.5 Å². The highest BCUT2D eigenvalue weighted by molar-refractivity contribution is 4.80. The summed E-state index contributed by atoms with van der Waals surface area (Å²) in [6.07, 6.45) is 2.53. The van der Waals surface area contributed by atoms with E-state index < -0.39 is 0 Å². The zero-order valence-corrected chi connectivity index (χ0v) is 14.1. The van der Waals surface area contributed by atoms with E-state index in [1.807, 2.05) is 0 Å². The maximum Gasteiger partial charge on any atom is 0.0589 e. The Kier molecular flexibility index (Phi) is 10.6. The number of hydrogen-bond acceptors (Lipinski definition) is 3. The van der Waals surface area contributed by atoms with Gasteiger partial charge in [0.25, 0.3) is 0 Å². The fraction of sp³-hybridized carbons (Fsp3) is 1.00. The highest BCUT2D eigenvalue weighted by atomic mass is 16.5. The van der Waals surface area contributed by atoms with Crippen LogP contribution in [0.2, 0.25) is 0 Å². The maximum absolute atomic E-state index is 5.20. The smallest absolute Gasteiger partial charge is 0.0589 e. The summed E-state index contributed by atoms with van der Waals surface area (Å²) >= 11 is 0. The van der Waals surface area contributed by atoms with Crippen molar-refractivity contribution in [2.45, 2.75) is 47.5 Å². The second-order valence-corrected chi connectivity index (χ2v) is 6.45. The van der Waals surface area contributed by atoms with Crippen LogP contribution in [0.3, 0.4) is 0 Å². The van der Waals surface area contributed by atoms with Crippen LogP contribution in [-0.4, -0.2) is 51.3 Å². The highest BCUT2D eigenvalue weighted by Gasteiger charge is 2.25. The lowest BCUT2D eigenvalue weighted by atomic mass is 9.84. The third-order valence-corrected chi connectivity index (χ3v) is 3.62. The summed E-state index contributed by atoms with van der Waals surface area (Å²) in [6.45, 7) is 17.8. The van der Waals surface area contributed by atoms with Crippen LogP contribution in [0.4, 0.5) is 0 Å². The molecule has 1 unspecified atom stereocenters. The number of nitrogens with one attached hydrogen (secondary N) is 1. The summed E-state index contributed by atoms with van der Waals surface area (Å²) in [7, 11) is 1.78. The topological polar surface area (TPSA) is 24.5 Å². The van der Waals surface area contributed by atoms with E-state index in [9.17, 15) is 0 Å². The molecule has 0 fully saturated rings. The molecule has 1 atom stereocenters. The van der Waals surface area contributed by atoms with Gasteiger partial charge in [0.15, 0.2) is 0 Å². The molecular weight excluding hydrogens is 236 g/mol. The van der Waals surface area contributed by atoms with Gasteiger partial charge in [0.05, 0.1) is 6.61 Å². The molecule has 0 aliphatic rings. The Labute approximate surface area is 121 Å². The van der Waals surface area contributed by atoms with Crippen molar-refractivity contribution in [1.82, 2.24) is 10.2 Å². The molecule has 0 aliphatic heterocycles. The van der Waals surface area contributed by atoms with Crippen molar-refractivity contribution in [2.24, 2.45) is 11.3 Å². The standard InChI is InChI=1S/C16H36N2O/c1-7-9-16(5,13-17-12-15(3)4)14-18(8-2)10-11-19-6/h15,17H,7-14H2,1-6H3. The van der Waals surface area contributed by atoms with Crippen molar-refractivity contribution in [3.05, 3.63) is 0 Å². The SMILES string of the molecule is CCCC(C)(CNCC(C)C)CN(CC)CCOC. The van der Waals surface area contributed by atoms with E-state index in [0.29, 0.717) is 5.41 Å². The van der Waals surface area contributed by atoms with Crippen molar-refractivity contribution in [1.29, 1.82) is 0 Å². The van der Waals surface area contributed by atoms with E-state index in [4.69, 9.17) is 4.74 Å². The van der Waals surface area contributed by atoms with E-state index in [1.165, 1.54) is 12.8 Å². The van der Waals surface area contributed by atoms with Crippen LogP contribution in [0.25, 0.3) is 0 Å². The minimum absolute atomic E-state index is 0.368. The third-order valence-electron chi connectivity index (χ3n) is 3.62. The van der Waals surface area contributed by atoms with Crippen molar-refractivity contribution < 1.29 is 4.74 Å². The molecule has 0 saturated carbocycles. The minimum atomic E-state index is 0.368. The Morgan fingerprint density at radius 1 is 1.26 bits per heavy atom. The van der Waals surface area contributed by atoms with E-state index in [-0.39, 0.29) is 0 Å². The summed E-state index contributed by atoms with van der Waals surface area (Å²) in [4.78, 5) is 2.51. The molecule has 0 heterocycles. The molecule has 0 aromatic carbocycles. The number of ether oxygens (including phenoxy) is 1. The van der Waals surface area contributed by atoms with Gasteiger partial charge in [-0.25, -0.2) is 0 Å². The van der Waals surface area contributed by atoms with E-state index in [0.717, 1.165) is 45.2 Å². The lowest BCUT2D eigenvalue weighted by molar-refractivity contribution is 0.109. The van der Waals surface area contributed by atoms with Gasteiger partial charge in [-0.15, -0.1) is 0 Å². The van der Waals surface area contributed by atoms with Crippen LogP contribution in [0.5, 0.6) is 0 Å². The van der Waals surface area contributed by atoms with E-state index in [2.05, 4.69) is 44.8 Å². The summed E-state index contributed by atoms with van der Waals surface area (Å²) in [5, 5.41) is 3.64. The summed E-state index contributed by atoms with van der Waals surface area (Å²) < 4.78 is 5.20.